The fraction of sp³-hybridized carbons (Fsp3) is 0.667. The second-order valence-corrected chi connectivity index (χ2v) is 11.3. The molecule has 0 saturated carbocycles. The van der Waals surface area contributed by atoms with E-state index in [1.54, 1.807) is 19.9 Å². The molecule has 0 aliphatic carbocycles. The number of rotatable bonds is 10. The normalized spacial score (nSPS) is 19.1. The van der Waals surface area contributed by atoms with Gasteiger partial charge in [0.15, 0.2) is 6.10 Å². The van der Waals surface area contributed by atoms with Crippen LogP contribution in [0.1, 0.15) is 79.2 Å². The standard InChI is InChI=1S/C28H43NO6.C2HF3O2/c1-8-28(14-9-10-15-29(7)18-28)22-12-11-13-23(16-22)35-25(30)17-24(19(2)3)27(32)34-21(6)26(31)33-20(4)5;3-2(4,5)1(6)7/h11-13,16,19-21,24H,8-10,14-15,17-18H2,1-7H3;(H,6,7)/t21-,24-,28?;/m0./s1. The third kappa shape index (κ3) is 12.0. The summed E-state index contributed by atoms with van der Waals surface area (Å²) < 4.78 is 47.8. The number of benzene rings is 1. The Hall–Kier alpha value is -3.15. The van der Waals surface area contributed by atoms with E-state index in [2.05, 4.69) is 24.9 Å². The van der Waals surface area contributed by atoms with Crippen LogP contribution in [0.25, 0.3) is 0 Å². The van der Waals surface area contributed by atoms with E-state index in [0.717, 1.165) is 25.9 Å². The highest BCUT2D eigenvalue weighted by Crippen LogP contribution is 2.37. The Balaban J connectivity index is 0.00000112. The minimum atomic E-state index is -5.08. The highest BCUT2D eigenvalue weighted by Gasteiger charge is 2.38. The van der Waals surface area contributed by atoms with Crippen LogP contribution in [0.3, 0.4) is 0 Å². The van der Waals surface area contributed by atoms with Crippen molar-refractivity contribution in [1.29, 1.82) is 0 Å². The highest BCUT2D eigenvalue weighted by molar-refractivity contribution is 5.84. The fourth-order valence-corrected chi connectivity index (χ4v) is 4.72. The van der Waals surface area contributed by atoms with Gasteiger partial charge in [-0.15, -0.1) is 0 Å². The molecule has 0 aromatic heterocycles. The molecule has 0 amide bonds. The van der Waals surface area contributed by atoms with Crippen LogP contribution >= 0.6 is 0 Å². The molecule has 9 nitrogen and oxygen atoms in total. The monoisotopic (exact) mass is 603 g/mol. The van der Waals surface area contributed by atoms with E-state index in [1.165, 1.54) is 25.3 Å². The SMILES string of the molecule is CCC1(c2cccc(OC(=O)C[C@H](C(=O)O[C@@H](C)C(=O)OC(C)C)C(C)C)c2)CCCCN(C)C1.O=C(O)C(F)(F)F. The molecule has 2 rings (SSSR count). The third-order valence-corrected chi connectivity index (χ3v) is 7.09. The molecule has 1 unspecified atom stereocenters. The second kappa shape index (κ2) is 16.5. The lowest BCUT2D eigenvalue weighted by atomic mass is 9.74. The molecule has 42 heavy (non-hydrogen) atoms. The number of alkyl halides is 3. The van der Waals surface area contributed by atoms with Crippen LogP contribution in [0.5, 0.6) is 5.75 Å². The molecule has 238 valence electrons. The van der Waals surface area contributed by atoms with Gasteiger partial charge in [0, 0.05) is 12.0 Å². The van der Waals surface area contributed by atoms with Crippen LogP contribution in [0.15, 0.2) is 24.3 Å². The Morgan fingerprint density at radius 1 is 1.02 bits per heavy atom. The zero-order chi connectivity index (χ0) is 32.3. The average Bonchev–Trinajstić information content (AvgIpc) is 3.08. The minimum absolute atomic E-state index is 0.0265. The van der Waals surface area contributed by atoms with Gasteiger partial charge in [-0.25, -0.2) is 9.59 Å². The summed E-state index contributed by atoms with van der Waals surface area (Å²) in [5, 5.41) is 7.12. The van der Waals surface area contributed by atoms with Gasteiger partial charge in [-0.2, -0.15) is 13.2 Å². The molecule has 0 bridgehead atoms. The van der Waals surface area contributed by atoms with Gasteiger partial charge in [-0.05, 0) is 77.2 Å². The molecule has 1 fully saturated rings. The van der Waals surface area contributed by atoms with Gasteiger partial charge < -0.3 is 24.2 Å². The lowest BCUT2D eigenvalue weighted by molar-refractivity contribution is -0.192. The molecular weight excluding hydrogens is 559 g/mol. The van der Waals surface area contributed by atoms with Gasteiger partial charge in [0.25, 0.3) is 0 Å². The number of likely N-dealkylation sites (tertiary alicyclic amines) is 1. The lowest BCUT2D eigenvalue weighted by Gasteiger charge is -2.35. The fourth-order valence-electron chi connectivity index (χ4n) is 4.72. The molecule has 1 aromatic carbocycles. The van der Waals surface area contributed by atoms with Gasteiger partial charge in [0.2, 0.25) is 0 Å². The Morgan fingerprint density at radius 2 is 1.64 bits per heavy atom. The van der Waals surface area contributed by atoms with Crippen molar-refractivity contribution in [3.05, 3.63) is 29.8 Å². The van der Waals surface area contributed by atoms with Crippen molar-refractivity contribution in [2.24, 2.45) is 11.8 Å². The van der Waals surface area contributed by atoms with E-state index < -0.39 is 42.1 Å². The van der Waals surface area contributed by atoms with E-state index in [-0.39, 0.29) is 23.9 Å². The summed E-state index contributed by atoms with van der Waals surface area (Å²) in [6.45, 7) is 12.9. The number of aliphatic carboxylic acids is 1. The Morgan fingerprint density at radius 3 is 2.17 bits per heavy atom. The zero-order valence-electron chi connectivity index (χ0n) is 25.5. The number of hydrogen-bond donors (Lipinski definition) is 1. The van der Waals surface area contributed by atoms with Gasteiger partial charge in [-0.1, -0.05) is 39.3 Å². The summed E-state index contributed by atoms with van der Waals surface area (Å²) in [4.78, 5) is 48.8. The quantitative estimate of drug-likeness (QED) is 0.272. The van der Waals surface area contributed by atoms with E-state index >= 15 is 0 Å². The van der Waals surface area contributed by atoms with Crippen LogP contribution < -0.4 is 4.74 Å². The first-order valence-electron chi connectivity index (χ1n) is 14.1. The van der Waals surface area contributed by atoms with Crippen LogP contribution in [0.2, 0.25) is 0 Å². The van der Waals surface area contributed by atoms with Crippen LogP contribution in [-0.4, -0.2) is 72.4 Å². The Bertz CT molecular complexity index is 1060. The summed E-state index contributed by atoms with van der Waals surface area (Å²) in [6.07, 6.45) is -2.09. The summed E-state index contributed by atoms with van der Waals surface area (Å²) in [5.41, 5.74) is 1.20. The molecule has 1 saturated heterocycles. The topological polar surface area (TPSA) is 119 Å². The summed E-state index contributed by atoms with van der Waals surface area (Å²) in [5.74, 6) is -4.88. The number of hydrogen-bond acceptors (Lipinski definition) is 8. The molecule has 1 N–H and O–H groups in total. The number of nitrogens with zero attached hydrogens (tertiary/aromatic N) is 1. The van der Waals surface area contributed by atoms with E-state index in [9.17, 15) is 27.6 Å². The molecule has 12 heteroatoms. The maximum absolute atomic E-state index is 12.8. The van der Waals surface area contributed by atoms with Crippen molar-refractivity contribution in [2.75, 3.05) is 20.1 Å². The summed E-state index contributed by atoms with van der Waals surface area (Å²) in [7, 11) is 2.16. The largest absolute Gasteiger partial charge is 0.490 e. The van der Waals surface area contributed by atoms with Crippen molar-refractivity contribution in [2.45, 2.75) is 97.4 Å². The van der Waals surface area contributed by atoms with Gasteiger partial charge in [0.05, 0.1) is 18.4 Å². The van der Waals surface area contributed by atoms with E-state index in [0.29, 0.717) is 5.75 Å². The number of carboxylic acid groups (broad SMARTS) is 1. The first-order chi connectivity index (χ1) is 19.4. The first-order valence-corrected chi connectivity index (χ1v) is 14.1. The van der Waals surface area contributed by atoms with Crippen molar-refractivity contribution in [3.8, 4) is 5.75 Å². The number of esters is 3. The minimum Gasteiger partial charge on any atom is -0.475 e. The number of ether oxygens (including phenoxy) is 3. The van der Waals surface area contributed by atoms with E-state index in [4.69, 9.17) is 24.1 Å². The number of carbonyl (C=O) groups is 4. The summed E-state index contributed by atoms with van der Waals surface area (Å²) >= 11 is 0. The molecule has 1 aliphatic heterocycles. The number of halogens is 3. The predicted octanol–water partition coefficient (Wildman–Crippen LogP) is 5.53. The van der Waals surface area contributed by atoms with Crippen molar-refractivity contribution >= 4 is 23.9 Å². The smallest absolute Gasteiger partial charge is 0.475 e. The average molecular weight is 604 g/mol. The van der Waals surface area contributed by atoms with Crippen molar-refractivity contribution < 1.29 is 51.7 Å². The van der Waals surface area contributed by atoms with Gasteiger partial charge in [-0.3, -0.25) is 9.59 Å². The molecule has 0 radical (unpaired) electrons. The maximum atomic E-state index is 12.8. The molecular formula is C30H44F3NO8. The predicted molar refractivity (Wildman–Crippen MR) is 149 cm³/mol. The number of likely N-dealkylation sites (N-methyl/N-ethyl adjacent to an activating group) is 1. The van der Waals surface area contributed by atoms with Crippen LogP contribution in [0.4, 0.5) is 13.2 Å². The van der Waals surface area contributed by atoms with Crippen LogP contribution in [0, 0.1) is 11.8 Å². The first kappa shape index (κ1) is 36.9. The van der Waals surface area contributed by atoms with Crippen molar-refractivity contribution in [3.63, 3.8) is 0 Å². The van der Waals surface area contributed by atoms with Crippen molar-refractivity contribution in [1.82, 2.24) is 4.90 Å². The third-order valence-electron chi connectivity index (χ3n) is 7.09. The molecule has 1 aromatic rings. The Labute approximate surface area is 245 Å². The second-order valence-electron chi connectivity index (χ2n) is 11.3. The van der Waals surface area contributed by atoms with Crippen LogP contribution in [-0.2, 0) is 34.1 Å². The maximum Gasteiger partial charge on any atom is 0.490 e. The molecule has 1 aliphatic rings. The number of carboxylic acids is 1. The molecule has 1 heterocycles. The van der Waals surface area contributed by atoms with Gasteiger partial charge in [0.1, 0.15) is 5.75 Å². The van der Waals surface area contributed by atoms with Gasteiger partial charge >= 0.3 is 30.1 Å². The van der Waals surface area contributed by atoms with E-state index in [1.807, 2.05) is 26.0 Å². The number of carbonyl (C=O) groups excluding carboxylic acids is 3. The summed E-state index contributed by atoms with van der Waals surface area (Å²) in [6, 6.07) is 7.79. The highest BCUT2D eigenvalue weighted by atomic mass is 19.4. The lowest BCUT2D eigenvalue weighted by Crippen LogP contribution is -2.37. The molecule has 3 atom stereocenters. The zero-order valence-corrected chi connectivity index (χ0v) is 25.5. The molecule has 0 spiro atoms. The Kier molecular flexibility index (Phi) is 14.5.